The topological polar surface area (TPSA) is 33.3 Å². The van der Waals surface area contributed by atoms with Crippen molar-refractivity contribution >= 4 is 0 Å². The fourth-order valence-electron chi connectivity index (χ4n) is 2.38. The van der Waals surface area contributed by atoms with Crippen LogP contribution < -0.4 is 10.6 Å². The van der Waals surface area contributed by atoms with Crippen LogP contribution in [0.4, 0.5) is 0 Å². The van der Waals surface area contributed by atoms with Gasteiger partial charge in [0.25, 0.3) is 0 Å². The average Bonchev–Trinajstić information content (AvgIpc) is 2.19. The molecule has 3 heteroatoms. The van der Waals surface area contributed by atoms with Gasteiger partial charge in [0.1, 0.15) is 0 Å². The highest BCUT2D eigenvalue weighted by molar-refractivity contribution is 4.92. The van der Waals surface area contributed by atoms with Crippen molar-refractivity contribution in [2.45, 2.75) is 43.7 Å². The van der Waals surface area contributed by atoms with Crippen LogP contribution in [0, 0.1) is 0 Å². The molecule has 0 aromatic heterocycles. The number of methoxy groups -OCH3 is 1. The van der Waals surface area contributed by atoms with E-state index in [9.17, 15) is 0 Å². The number of ether oxygens (including phenoxy) is 1. The number of nitrogens with one attached hydrogen (secondary N) is 2. The van der Waals surface area contributed by atoms with E-state index in [1.165, 1.54) is 32.1 Å². The highest BCUT2D eigenvalue weighted by atomic mass is 16.5. The largest absolute Gasteiger partial charge is 0.377 e. The Kier molecular flexibility index (Phi) is 3.42. The van der Waals surface area contributed by atoms with Crippen molar-refractivity contribution in [2.75, 3.05) is 26.7 Å². The lowest BCUT2D eigenvalue weighted by Gasteiger charge is -2.42. The SMILES string of the molecule is COC1(CNC2CCNCC2)CCC1. The molecule has 0 radical (unpaired) electrons. The molecule has 82 valence electrons. The van der Waals surface area contributed by atoms with Crippen LogP contribution in [0.3, 0.4) is 0 Å². The molecule has 2 N–H and O–H groups in total. The van der Waals surface area contributed by atoms with Crippen molar-refractivity contribution in [3.63, 3.8) is 0 Å². The molecule has 2 aliphatic rings. The summed E-state index contributed by atoms with van der Waals surface area (Å²) in [5, 5.41) is 7.03. The Labute approximate surface area is 86.6 Å². The zero-order valence-corrected chi connectivity index (χ0v) is 9.14. The smallest absolute Gasteiger partial charge is 0.0802 e. The van der Waals surface area contributed by atoms with Crippen molar-refractivity contribution in [1.82, 2.24) is 10.6 Å². The van der Waals surface area contributed by atoms with Crippen LogP contribution in [0.25, 0.3) is 0 Å². The molecule has 1 saturated carbocycles. The fourth-order valence-corrected chi connectivity index (χ4v) is 2.38. The molecule has 0 bridgehead atoms. The van der Waals surface area contributed by atoms with Crippen molar-refractivity contribution < 1.29 is 4.74 Å². The fraction of sp³-hybridized carbons (Fsp3) is 1.00. The second-order valence-electron chi connectivity index (χ2n) is 4.65. The number of hydrogen-bond acceptors (Lipinski definition) is 3. The molecule has 0 aromatic carbocycles. The molecule has 0 aromatic rings. The average molecular weight is 198 g/mol. The molecule has 2 fully saturated rings. The van der Waals surface area contributed by atoms with Crippen LogP contribution in [-0.4, -0.2) is 38.4 Å². The van der Waals surface area contributed by atoms with Gasteiger partial charge in [0.2, 0.25) is 0 Å². The summed E-state index contributed by atoms with van der Waals surface area (Å²) in [5.74, 6) is 0. The summed E-state index contributed by atoms with van der Waals surface area (Å²) in [6.07, 6.45) is 6.34. The number of piperidine rings is 1. The van der Waals surface area contributed by atoms with Crippen molar-refractivity contribution in [3.8, 4) is 0 Å². The minimum absolute atomic E-state index is 0.185. The maximum Gasteiger partial charge on any atom is 0.0802 e. The van der Waals surface area contributed by atoms with Gasteiger partial charge in [-0.3, -0.25) is 0 Å². The molecule has 2 rings (SSSR count). The summed E-state index contributed by atoms with van der Waals surface area (Å²) in [4.78, 5) is 0. The van der Waals surface area contributed by atoms with Crippen LogP contribution in [0.15, 0.2) is 0 Å². The zero-order chi connectivity index (χ0) is 9.86. The molecule has 1 aliphatic carbocycles. The molecule has 0 spiro atoms. The third kappa shape index (κ3) is 2.27. The molecular formula is C11H22N2O. The van der Waals surface area contributed by atoms with Gasteiger partial charge in [-0.25, -0.2) is 0 Å². The lowest BCUT2D eigenvalue weighted by atomic mass is 9.79. The zero-order valence-electron chi connectivity index (χ0n) is 9.14. The molecule has 1 aliphatic heterocycles. The van der Waals surface area contributed by atoms with Gasteiger partial charge < -0.3 is 15.4 Å². The summed E-state index contributed by atoms with van der Waals surface area (Å²) in [5.41, 5.74) is 0.185. The maximum absolute atomic E-state index is 5.59. The van der Waals surface area contributed by atoms with Gasteiger partial charge in [-0.1, -0.05) is 0 Å². The molecular weight excluding hydrogens is 176 g/mol. The third-order valence-electron chi connectivity index (χ3n) is 3.75. The molecule has 0 amide bonds. The Morgan fingerprint density at radius 3 is 2.57 bits per heavy atom. The van der Waals surface area contributed by atoms with Crippen LogP contribution in [0.2, 0.25) is 0 Å². The monoisotopic (exact) mass is 198 g/mol. The second kappa shape index (κ2) is 4.60. The maximum atomic E-state index is 5.59. The van der Waals surface area contributed by atoms with E-state index in [1.807, 2.05) is 7.11 Å². The van der Waals surface area contributed by atoms with Gasteiger partial charge in [-0.15, -0.1) is 0 Å². The first kappa shape index (κ1) is 10.4. The van der Waals surface area contributed by atoms with Gasteiger partial charge >= 0.3 is 0 Å². The standard InChI is InChI=1S/C11H22N2O/c1-14-11(5-2-6-11)9-13-10-3-7-12-8-4-10/h10,12-13H,2-9H2,1H3. The summed E-state index contributed by atoms with van der Waals surface area (Å²) >= 11 is 0. The second-order valence-corrected chi connectivity index (χ2v) is 4.65. The number of rotatable bonds is 4. The minimum Gasteiger partial charge on any atom is -0.377 e. The first-order valence-electron chi connectivity index (χ1n) is 5.84. The van der Waals surface area contributed by atoms with Crippen molar-refractivity contribution in [1.29, 1.82) is 0 Å². The molecule has 0 unspecified atom stereocenters. The molecule has 3 nitrogen and oxygen atoms in total. The Morgan fingerprint density at radius 2 is 2.07 bits per heavy atom. The van der Waals surface area contributed by atoms with E-state index in [-0.39, 0.29) is 5.60 Å². The van der Waals surface area contributed by atoms with Gasteiger partial charge in [0.15, 0.2) is 0 Å². The van der Waals surface area contributed by atoms with Gasteiger partial charge in [0.05, 0.1) is 5.60 Å². The summed E-state index contributed by atoms with van der Waals surface area (Å²) in [6, 6.07) is 0.712. The van der Waals surface area contributed by atoms with E-state index in [4.69, 9.17) is 4.74 Å². The van der Waals surface area contributed by atoms with E-state index < -0.39 is 0 Å². The quantitative estimate of drug-likeness (QED) is 0.704. The van der Waals surface area contributed by atoms with Crippen molar-refractivity contribution in [3.05, 3.63) is 0 Å². The predicted octanol–water partition coefficient (Wildman–Crippen LogP) is 0.897. The Balaban J connectivity index is 1.69. The van der Waals surface area contributed by atoms with Crippen LogP contribution in [-0.2, 0) is 4.74 Å². The first-order valence-corrected chi connectivity index (χ1v) is 5.84. The highest BCUT2D eigenvalue weighted by Gasteiger charge is 2.37. The lowest BCUT2D eigenvalue weighted by Crippen LogP contribution is -2.52. The van der Waals surface area contributed by atoms with E-state index in [0.29, 0.717) is 6.04 Å². The van der Waals surface area contributed by atoms with Crippen LogP contribution in [0.1, 0.15) is 32.1 Å². The predicted molar refractivity (Wildman–Crippen MR) is 57.5 cm³/mol. The summed E-state index contributed by atoms with van der Waals surface area (Å²) < 4.78 is 5.59. The Morgan fingerprint density at radius 1 is 1.36 bits per heavy atom. The Bertz CT molecular complexity index is 169. The Hall–Kier alpha value is -0.120. The van der Waals surface area contributed by atoms with E-state index in [1.54, 1.807) is 0 Å². The van der Waals surface area contributed by atoms with E-state index >= 15 is 0 Å². The molecule has 14 heavy (non-hydrogen) atoms. The minimum atomic E-state index is 0.185. The molecule has 1 saturated heterocycles. The van der Waals surface area contributed by atoms with Crippen molar-refractivity contribution in [2.24, 2.45) is 0 Å². The van der Waals surface area contributed by atoms with E-state index in [0.717, 1.165) is 19.6 Å². The first-order chi connectivity index (χ1) is 6.85. The normalized spacial score (nSPS) is 27.2. The summed E-state index contributed by atoms with van der Waals surface area (Å²) in [6.45, 7) is 3.38. The van der Waals surface area contributed by atoms with Crippen LogP contribution in [0.5, 0.6) is 0 Å². The van der Waals surface area contributed by atoms with Gasteiger partial charge in [-0.05, 0) is 45.2 Å². The summed E-state index contributed by atoms with van der Waals surface area (Å²) in [7, 11) is 1.85. The van der Waals surface area contributed by atoms with Gasteiger partial charge in [-0.2, -0.15) is 0 Å². The highest BCUT2D eigenvalue weighted by Crippen LogP contribution is 2.34. The number of hydrogen-bond donors (Lipinski definition) is 2. The van der Waals surface area contributed by atoms with Gasteiger partial charge in [0, 0.05) is 19.7 Å². The molecule has 1 heterocycles. The van der Waals surface area contributed by atoms with E-state index in [2.05, 4.69) is 10.6 Å². The third-order valence-corrected chi connectivity index (χ3v) is 3.75. The lowest BCUT2D eigenvalue weighted by molar-refractivity contribution is -0.0712. The molecule has 0 atom stereocenters. The van der Waals surface area contributed by atoms with Crippen LogP contribution >= 0.6 is 0 Å².